The molecule has 1 aliphatic rings. The van der Waals surface area contributed by atoms with Crippen molar-refractivity contribution in [1.29, 1.82) is 0 Å². The third-order valence-corrected chi connectivity index (χ3v) is 5.77. The number of halogens is 3. The molecule has 2 aromatic carbocycles. The van der Waals surface area contributed by atoms with Crippen molar-refractivity contribution in [3.63, 3.8) is 0 Å². The van der Waals surface area contributed by atoms with Crippen molar-refractivity contribution in [3.05, 3.63) is 69.6 Å². The number of carbonyl (C=O) groups is 3. The van der Waals surface area contributed by atoms with Crippen molar-refractivity contribution in [1.82, 2.24) is 10.6 Å². The second-order valence-corrected chi connectivity index (χ2v) is 8.14. The lowest BCUT2D eigenvalue weighted by Gasteiger charge is -2.18. The Morgan fingerprint density at radius 3 is 2.62 bits per heavy atom. The van der Waals surface area contributed by atoms with Gasteiger partial charge in [-0.15, -0.1) is 0 Å². The van der Waals surface area contributed by atoms with E-state index >= 15 is 0 Å². The fourth-order valence-corrected chi connectivity index (χ4v) is 3.81. The number of amidine groups is 1. The van der Waals surface area contributed by atoms with Gasteiger partial charge in [0.2, 0.25) is 5.91 Å². The van der Waals surface area contributed by atoms with E-state index in [9.17, 15) is 18.8 Å². The number of para-hydroxylation sites is 1. The summed E-state index contributed by atoms with van der Waals surface area (Å²) in [6.45, 7) is 2.07. The lowest BCUT2D eigenvalue weighted by Crippen LogP contribution is -2.40. The Labute approximate surface area is 197 Å². The largest absolute Gasteiger partial charge is 0.338 e. The molecular weight excluding hydrogens is 478 g/mol. The number of amides is 4. The quantitative estimate of drug-likeness (QED) is 0.600. The standard InChI is InChI=1S/C21H17Cl2FN4O3S/c1-2-25-20(31)27-18(29)11-32-21-26-16(10-12-7-8-13(22)14(23)9-12)19(30)28(21)17-6-4-3-5-15(17)24/h3-10H,2,11H2,1H3,(H2,25,27,29,31)/b16-10-. The number of nitrogens with zero attached hydrogens (tertiary/aromatic N) is 2. The van der Waals surface area contributed by atoms with Crippen LogP contribution in [0.1, 0.15) is 12.5 Å². The van der Waals surface area contributed by atoms with Crippen LogP contribution in [0.15, 0.2) is 53.2 Å². The van der Waals surface area contributed by atoms with E-state index in [1.165, 1.54) is 24.3 Å². The van der Waals surface area contributed by atoms with Gasteiger partial charge in [0.25, 0.3) is 5.91 Å². The Bertz CT molecular complexity index is 1140. The van der Waals surface area contributed by atoms with E-state index in [4.69, 9.17) is 23.2 Å². The number of nitrogens with one attached hydrogen (secondary N) is 2. The molecule has 7 nitrogen and oxygen atoms in total. The second kappa shape index (κ2) is 10.6. The summed E-state index contributed by atoms with van der Waals surface area (Å²) < 4.78 is 14.5. The predicted molar refractivity (Wildman–Crippen MR) is 125 cm³/mol. The zero-order valence-electron chi connectivity index (χ0n) is 16.7. The van der Waals surface area contributed by atoms with E-state index in [0.717, 1.165) is 16.7 Å². The molecule has 0 aromatic heterocycles. The number of urea groups is 1. The molecule has 0 atom stereocenters. The molecular formula is C21H17Cl2FN4O3S. The van der Waals surface area contributed by atoms with Crippen LogP contribution in [-0.2, 0) is 9.59 Å². The van der Waals surface area contributed by atoms with E-state index in [-0.39, 0.29) is 22.3 Å². The van der Waals surface area contributed by atoms with Gasteiger partial charge in [-0.3, -0.25) is 19.8 Å². The topological polar surface area (TPSA) is 90.9 Å². The van der Waals surface area contributed by atoms with Crippen LogP contribution < -0.4 is 15.5 Å². The molecule has 1 heterocycles. The van der Waals surface area contributed by atoms with Crippen LogP contribution in [0.25, 0.3) is 6.08 Å². The molecule has 32 heavy (non-hydrogen) atoms. The fraction of sp³-hybridized carbons (Fsp3) is 0.143. The van der Waals surface area contributed by atoms with Gasteiger partial charge >= 0.3 is 6.03 Å². The van der Waals surface area contributed by atoms with E-state index in [1.54, 1.807) is 31.2 Å². The first kappa shape index (κ1) is 23.8. The van der Waals surface area contributed by atoms with Crippen LogP contribution in [0.2, 0.25) is 10.0 Å². The maximum atomic E-state index is 14.5. The average molecular weight is 495 g/mol. The summed E-state index contributed by atoms with van der Waals surface area (Å²) in [5, 5.41) is 5.36. The molecule has 166 valence electrons. The molecule has 0 fully saturated rings. The number of hydrogen-bond donors (Lipinski definition) is 2. The van der Waals surface area contributed by atoms with Crippen LogP contribution in [0, 0.1) is 5.82 Å². The van der Waals surface area contributed by atoms with Gasteiger partial charge in [0.15, 0.2) is 5.17 Å². The number of aliphatic imine (C=N–C) groups is 1. The van der Waals surface area contributed by atoms with Crippen molar-refractivity contribution in [2.45, 2.75) is 6.92 Å². The summed E-state index contributed by atoms with van der Waals surface area (Å²) in [6.07, 6.45) is 1.49. The minimum absolute atomic E-state index is 0.00887. The Hall–Kier alpha value is -2.88. The summed E-state index contributed by atoms with van der Waals surface area (Å²) in [5.74, 6) is -2.01. The van der Waals surface area contributed by atoms with Gasteiger partial charge in [-0.25, -0.2) is 14.2 Å². The summed E-state index contributed by atoms with van der Waals surface area (Å²) >= 11 is 12.9. The van der Waals surface area contributed by atoms with Crippen molar-refractivity contribution in [2.75, 3.05) is 17.2 Å². The second-order valence-electron chi connectivity index (χ2n) is 6.39. The molecule has 0 radical (unpaired) electrons. The molecule has 0 unspecified atom stereocenters. The fourth-order valence-electron chi connectivity index (χ4n) is 2.70. The molecule has 11 heteroatoms. The smallest absolute Gasteiger partial charge is 0.321 e. The van der Waals surface area contributed by atoms with E-state index in [1.807, 2.05) is 0 Å². The predicted octanol–water partition coefficient (Wildman–Crippen LogP) is 4.46. The van der Waals surface area contributed by atoms with Gasteiger partial charge in [0.05, 0.1) is 21.5 Å². The molecule has 3 rings (SSSR count). The first-order valence-electron chi connectivity index (χ1n) is 9.35. The minimum Gasteiger partial charge on any atom is -0.338 e. The Morgan fingerprint density at radius 1 is 1.19 bits per heavy atom. The number of rotatable bonds is 5. The third-order valence-electron chi connectivity index (χ3n) is 4.09. The number of benzene rings is 2. The first-order valence-corrected chi connectivity index (χ1v) is 11.1. The zero-order chi connectivity index (χ0) is 23.3. The molecule has 4 amide bonds. The lowest BCUT2D eigenvalue weighted by molar-refractivity contribution is -0.117. The van der Waals surface area contributed by atoms with Gasteiger partial charge < -0.3 is 5.32 Å². The number of hydrogen-bond acceptors (Lipinski definition) is 5. The normalized spacial score (nSPS) is 14.5. The molecule has 2 N–H and O–H groups in total. The molecule has 0 spiro atoms. The van der Waals surface area contributed by atoms with Crippen LogP contribution >= 0.6 is 35.0 Å². The number of thioether (sulfide) groups is 1. The highest BCUT2D eigenvalue weighted by Gasteiger charge is 2.34. The molecule has 0 aliphatic carbocycles. The highest BCUT2D eigenvalue weighted by atomic mass is 35.5. The average Bonchev–Trinajstić information content (AvgIpc) is 3.05. The molecule has 0 bridgehead atoms. The highest BCUT2D eigenvalue weighted by molar-refractivity contribution is 8.14. The monoisotopic (exact) mass is 494 g/mol. The zero-order valence-corrected chi connectivity index (χ0v) is 19.0. The lowest BCUT2D eigenvalue weighted by atomic mass is 10.2. The van der Waals surface area contributed by atoms with Crippen LogP contribution in [0.4, 0.5) is 14.9 Å². The Morgan fingerprint density at radius 2 is 1.94 bits per heavy atom. The van der Waals surface area contributed by atoms with Gasteiger partial charge in [-0.2, -0.15) is 0 Å². The van der Waals surface area contributed by atoms with Crippen molar-refractivity contribution < 1.29 is 18.8 Å². The Kier molecular flexibility index (Phi) is 7.89. The third kappa shape index (κ3) is 5.67. The van der Waals surface area contributed by atoms with Crippen LogP contribution in [0.5, 0.6) is 0 Å². The molecule has 0 saturated heterocycles. The maximum Gasteiger partial charge on any atom is 0.321 e. The number of anilines is 1. The van der Waals surface area contributed by atoms with E-state index < -0.39 is 23.7 Å². The van der Waals surface area contributed by atoms with E-state index in [2.05, 4.69) is 15.6 Å². The van der Waals surface area contributed by atoms with Crippen LogP contribution in [0.3, 0.4) is 0 Å². The van der Waals surface area contributed by atoms with Gasteiger partial charge in [-0.1, -0.05) is 53.2 Å². The molecule has 0 saturated carbocycles. The number of imide groups is 1. The van der Waals surface area contributed by atoms with E-state index in [0.29, 0.717) is 22.2 Å². The summed E-state index contributed by atoms with van der Waals surface area (Å²) in [5.41, 5.74) is 0.587. The summed E-state index contributed by atoms with van der Waals surface area (Å²) in [6, 6.07) is 9.89. The SMILES string of the molecule is CCNC(=O)NC(=O)CSC1=N/C(=C\c2ccc(Cl)c(Cl)c2)C(=O)N1c1ccccc1F. The number of carbonyl (C=O) groups excluding carboxylic acids is 3. The Balaban J connectivity index is 1.89. The van der Waals surface area contributed by atoms with Gasteiger partial charge in [-0.05, 0) is 42.8 Å². The minimum atomic E-state index is -0.631. The maximum absolute atomic E-state index is 14.5. The van der Waals surface area contributed by atoms with Crippen LogP contribution in [-0.4, -0.2) is 35.3 Å². The van der Waals surface area contributed by atoms with Crippen molar-refractivity contribution in [3.8, 4) is 0 Å². The molecule has 2 aromatic rings. The first-order chi connectivity index (χ1) is 15.3. The molecule has 1 aliphatic heterocycles. The van der Waals surface area contributed by atoms with Gasteiger partial charge in [0.1, 0.15) is 11.5 Å². The summed E-state index contributed by atoms with van der Waals surface area (Å²) in [7, 11) is 0. The summed E-state index contributed by atoms with van der Waals surface area (Å²) in [4.78, 5) is 42.0. The van der Waals surface area contributed by atoms with Gasteiger partial charge in [0, 0.05) is 6.54 Å². The van der Waals surface area contributed by atoms with Crippen molar-refractivity contribution >= 4 is 69.7 Å². The highest BCUT2D eigenvalue weighted by Crippen LogP contribution is 2.31. The van der Waals surface area contributed by atoms with Crippen molar-refractivity contribution in [2.24, 2.45) is 4.99 Å².